The number of pyridine rings is 1. The van der Waals surface area contributed by atoms with Crippen LogP contribution in [-0.2, 0) is 4.74 Å². The molecule has 0 saturated carbocycles. The van der Waals surface area contributed by atoms with Gasteiger partial charge < -0.3 is 10.5 Å². The third kappa shape index (κ3) is 3.02. The SMILES string of the molecule is CCOCCC(N)c1ccc2cccnc2c1. The first-order valence-electron chi connectivity index (χ1n) is 5.99. The van der Waals surface area contributed by atoms with E-state index in [1.54, 1.807) is 6.20 Å². The van der Waals surface area contributed by atoms with E-state index >= 15 is 0 Å². The Labute approximate surface area is 102 Å². The van der Waals surface area contributed by atoms with Crippen molar-refractivity contribution in [2.45, 2.75) is 19.4 Å². The Bertz CT molecular complexity index is 484. The van der Waals surface area contributed by atoms with Crippen molar-refractivity contribution in [1.29, 1.82) is 0 Å². The Morgan fingerprint density at radius 3 is 3.06 bits per heavy atom. The predicted octanol–water partition coefficient (Wildman–Crippen LogP) is 2.66. The number of nitrogens with two attached hydrogens (primary N) is 1. The standard InChI is InChI=1S/C14H18N2O/c1-2-17-9-7-13(15)12-6-5-11-4-3-8-16-14(11)10-12/h3-6,8,10,13H,2,7,9,15H2,1H3. The fourth-order valence-electron chi connectivity index (χ4n) is 1.84. The summed E-state index contributed by atoms with van der Waals surface area (Å²) in [6, 6.07) is 10.2. The van der Waals surface area contributed by atoms with Gasteiger partial charge in [0.25, 0.3) is 0 Å². The van der Waals surface area contributed by atoms with Gasteiger partial charge in [0, 0.05) is 30.8 Å². The molecule has 0 bridgehead atoms. The van der Waals surface area contributed by atoms with Crippen LogP contribution < -0.4 is 5.73 Å². The lowest BCUT2D eigenvalue weighted by Gasteiger charge is -2.12. The van der Waals surface area contributed by atoms with Gasteiger partial charge in [-0.05, 0) is 31.0 Å². The van der Waals surface area contributed by atoms with Crippen LogP contribution in [-0.4, -0.2) is 18.2 Å². The first-order valence-corrected chi connectivity index (χ1v) is 5.99. The van der Waals surface area contributed by atoms with E-state index in [1.807, 2.05) is 13.0 Å². The highest BCUT2D eigenvalue weighted by atomic mass is 16.5. The highest BCUT2D eigenvalue weighted by molar-refractivity contribution is 5.78. The monoisotopic (exact) mass is 230 g/mol. The fourth-order valence-corrected chi connectivity index (χ4v) is 1.84. The molecule has 0 spiro atoms. The normalized spacial score (nSPS) is 12.8. The molecule has 2 rings (SSSR count). The summed E-state index contributed by atoms with van der Waals surface area (Å²) in [4.78, 5) is 4.33. The molecule has 0 saturated heterocycles. The van der Waals surface area contributed by atoms with Crippen LogP contribution in [0.2, 0.25) is 0 Å². The minimum absolute atomic E-state index is 0.0213. The Morgan fingerprint density at radius 2 is 2.24 bits per heavy atom. The molecular formula is C14H18N2O. The zero-order chi connectivity index (χ0) is 12.1. The molecule has 17 heavy (non-hydrogen) atoms. The molecule has 3 nitrogen and oxygen atoms in total. The Kier molecular flexibility index (Phi) is 4.07. The molecule has 0 radical (unpaired) electrons. The van der Waals surface area contributed by atoms with Crippen LogP contribution in [0, 0.1) is 0 Å². The first-order chi connectivity index (χ1) is 8.31. The zero-order valence-electron chi connectivity index (χ0n) is 10.1. The van der Waals surface area contributed by atoms with E-state index in [1.165, 1.54) is 0 Å². The Hall–Kier alpha value is -1.45. The van der Waals surface area contributed by atoms with E-state index < -0.39 is 0 Å². The van der Waals surface area contributed by atoms with Crippen molar-refractivity contribution in [1.82, 2.24) is 4.98 Å². The third-order valence-electron chi connectivity index (χ3n) is 2.84. The molecule has 90 valence electrons. The topological polar surface area (TPSA) is 48.1 Å². The van der Waals surface area contributed by atoms with Crippen molar-refractivity contribution in [3.63, 3.8) is 0 Å². The molecule has 2 aromatic rings. The number of ether oxygens (including phenoxy) is 1. The van der Waals surface area contributed by atoms with E-state index in [-0.39, 0.29) is 6.04 Å². The minimum Gasteiger partial charge on any atom is -0.382 e. The minimum atomic E-state index is 0.0213. The van der Waals surface area contributed by atoms with Gasteiger partial charge in [-0.2, -0.15) is 0 Å². The molecule has 1 aromatic carbocycles. The van der Waals surface area contributed by atoms with Gasteiger partial charge in [-0.25, -0.2) is 0 Å². The maximum atomic E-state index is 6.12. The van der Waals surface area contributed by atoms with Crippen LogP contribution in [0.3, 0.4) is 0 Å². The summed E-state index contributed by atoms with van der Waals surface area (Å²) in [5, 5.41) is 1.15. The molecule has 0 amide bonds. The van der Waals surface area contributed by atoms with E-state index in [0.717, 1.165) is 29.5 Å². The average Bonchev–Trinajstić information content (AvgIpc) is 2.38. The summed E-state index contributed by atoms with van der Waals surface area (Å²) in [6.45, 7) is 3.44. The molecule has 0 aliphatic rings. The largest absolute Gasteiger partial charge is 0.382 e. The smallest absolute Gasteiger partial charge is 0.0705 e. The maximum absolute atomic E-state index is 6.12. The van der Waals surface area contributed by atoms with E-state index in [9.17, 15) is 0 Å². The van der Waals surface area contributed by atoms with Gasteiger partial charge in [0.05, 0.1) is 5.52 Å². The molecule has 2 N–H and O–H groups in total. The van der Waals surface area contributed by atoms with Crippen molar-refractivity contribution in [3.8, 4) is 0 Å². The average molecular weight is 230 g/mol. The number of benzene rings is 1. The van der Waals surface area contributed by atoms with E-state index in [4.69, 9.17) is 10.5 Å². The second-order valence-electron chi connectivity index (χ2n) is 4.05. The quantitative estimate of drug-likeness (QED) is 0.803. The third-order valence-corrected chi connectivity index (χ3v) is 2.84. The van der Waals surface area contributed by atoms with Crippen molar-refractivity contribution in [2.75, 3.05) is 13.2 Å². The molecule has 1 heterocycles. The van der Waals surface area contributed by atoms with Gasteiger partial charge in [-0.1, -0.05) is 18.2 Å². The summed E-state index contributed by atoms with van der Waals surface area (Å²) in [7, 11) is 0. The van der Waals surface area contributed by atoms with Crippen molar-refractivity contribution >= 4 is 10.9 Å². The molecule has 1 atom stereocenters. The van der Waals surface area contributed by atoms with Gasteiger partial charge in [0.15, 0.2) is 0 Å². The van der Waals surface area contributed by atoms with Crippen LogP contribution in [0.4, 0.5) is 0 Å². The fraction of sp³-hybridized carbons (Fsp3) is 0.357. The lowest BCUT2D eigenvalue weighted by molar-refractivity contribution is 0.140. The number of nitrogens with zero attached hydrogens (tertiary/aromatic N) is 1. The molecule has 1 unspecified atom stereocenters. The summed E-state index contributed by atoms with van der Waals surface area (Å²) in [6.07, 6.45) is 2.64. The molecule has 0 aliphatic heterocycles. The zero-order valence-corrected chi connectivity index (χ0v) is 10.1. The molecule has 0 aliphatic carbocycles. The molecule has 0 fully saturated rings. The van der Waals surface area contributed by atoms with Crippen LogP contribution in [0.15, 0.2) is 36.5 Å². The van der Waals surface area contributed by atoms with Gasteiger partial charge in [0.1, 0.15) is 0 Å². The number of aromatic nitrogens is 1. The summed E-state index contributed by atoms with van der Waals surface area (Å²) < 4.78 is 5.32. The van der Waals surface area contributed by atoms with Gasteiger partial charge in [-0.15, -0.1) is 0 Å². The molecular weight excluding hydrogens is 212 g/mol. The lowest BCUT2D eigenvalue weighted by Crippen LogP contribution is -2.13. The van der Waals surface area contributed by atoms with Crippen LogP contribution in [0.5, 0.6) is 0 Å². The Morgan fingerprint density at radius 1 is 1.35 bits per heavy atom. The predicted molar refractivity (Wildman–Crippen MR) is 69.8 cm³/mol. The number of fused-ring (bicyclic) bond motifs is 1. The lowest BCUT2D eigenvalue weighted by atomic mass is 10.0. The Balaban J connectivity index is 2.12. The van der Waals surface area contributed by atoms with Crippen molar-refractivity contribution < 1.29 is 4.74 Å². The van der Waals surface area contributed by atoms with Gasteiger partial charge >= 0.3 is 0 Å². The second kappa shape index (κ2) is 5.75. The first kappa shape index (κ1) is 12.0. The molecule has 3 heteroatoms. The van der Waals surface area contributed by atoms with Crippen molar-refractivity contribution in [3.05, 3.63) is 42.1 Å². The van der Waals surface area contributed by atoms with E-state index in [0.29, 0.717) is 6.61 Å². The molecule has 1 aromatic heterocycles. The van der Waals surface area contributed by atoms with Crippen LogP contribution in [0.1, 0.15) is 24.9 Å². The second-order valence-corrected chi connectivity index (χ2v) is 4.05. The van der Waals surface area contributed by atoms with Crippen molar-refractivity contribution in [2.24, 2.45) is 5.73 Å². The number of rotatable bonds is 5. The summed E-state index contributed by atoms with van der Waals surface area (Å²) in [5.74, 6) is 0. The highest BCUT2D eigenvalue weighted by Crippen LogP contribution is 2.19. The van der Waals surface area contributed by atoms with Gasteiger partial charge in [-0.3, -0.25) is 4.98 Å². The summed E-state index contributed by atoms with van der Waals surface area (Å²) >= 11 is 0. The van der Waals surface area contributed by atoms with Crippen LogP contribution >= 0.6 is 0 Å². The van der Waals surface area contributed by atoms with Crippen LogP contribution in [0.25, 0.3) is 10.9 Å². The summed E-state index contributed by atoms with van der Waals surface area (Å²) in [5.41, 5.74) is 8.24. The number of hydrogen-bond donors (Lipinski definition) is 1. The van der Waals surface area contributed by atoms with E-state index in [2.05, 4.69) is 29.2 Å². The maximum Gasteiger partial charge on any atom is 0.0705 e. The van der Waals surface area contributed by atoms with Gasteiger partial charge in [0.2, 0.25) is 0 Å². The number of hydrogen-bond acceptors (Lipinski definition) is 3. The highest BCUT2D eigenvalue weighted by Gasteiger charge is 2.06.